The summed E-state index contributed by atoms with van der Waals surface area (Å²) in [6.45, 7) is 6.31. The maximum Gasteiger partial charge on any atom is 0.306 e. The summed E-state index contributed by atoms with van der Waals surface area (Å²) >= 11 is 0. The highest BCUT2D eigenvalue weighted by Crippen LogP contribution is 2.12. The molecule has 60 heavy (non-hydrogen) atoms. The molecule has 0 amide bonds. The van der Waals surface area contributed by atoms with Crippen LogP contribution in [0, 0.1) is 0 Å². The summed E-state index contributed by atoms with van der Waals surface area (Å²) < 4.78 is 16.6. The first kappa shape index (κ1) is 56.1. The van der Waals surface area contributed by atoms with Crippen LogP contribution in [0.4, 0.5) is 0 Å². The van der Waals surface area contributed by atoms with Gasteiger partial charge in [-0.25, -0.2) is 0 Å². The van der Waals surface area contributed by atoms with Crippen molar-refractivity contribution in [2.45, 2.75) is 200 Å². The van der Waals surface area contributed by atoms with Gasteiger partial charge in [-0.1, -0.05) is 194 Å². The molecule has 0 heterocycles. The van der Waals surface area contributed by atoms with Crippen molar-refractivity contribution in [2.75, 3.05) is 13.2 Å². The fraction of sp³-hybridized carbons (Fsp3) is 0.611. The van der Waals surface area contributed by atoms with Crippen LogP contribution in [0.15, 0.2) is 109 Å². The van der Waals surface area contributed by atoms with Crippen LogP contribution < -0.4 is 0 Å². The fourth-order valence-electron chi connectivity index (χ4n) is 6.02. The Morgan fingerprint density at radius 3 is 1.33 bits per heavy atom. The van der Waals surface area contributed by atoms with E-state index in [9.17, 15) is 14.4 Å². The van der Waals surface area contributed by atoms with Gasteiger partial charge in [0.1, 0.15) is 13.2 Å². The second kappa shape index (κ2) is 47.7. The molecule has 0 bridgehead atoms. The lowest BCUT2D eigenvalue weighted by atomic mass is 10.1. The molecule has 0 aromatic heterocycles. The largest absolute Gasteiger partial charge is 0.462 e. The first-order valence-electron chi connectivity index (χ1n) is 24.0. The maximum absolute atomic E-state index is 12.7. The molecule has 0 fully saturated rings. The Balaban J connectivity index is 4.52. The molecule has 0 saturated carbocycles. The Kier molecular flexibility index (Phi) is 44.6. The lowest BCUT2D eigenvalue weighted by Crippen LogP contribution is -2.30. The molecule has 0 N–H and O–H groups in total. The van der Waals surface area contributed by atoms with Gasteiger partial charge in [-0.3, -0.25) is 14.4 Å². The number of hydrogen-bond donors (Lipinski definition) is 0. The molecule has 0 saturated heterocycles. The van der Waals surface area contributed by atoms with Gasteiger partial charge in [-0.2, -0.15) is 0 Å². The third-order valence-electron chi connectivity index (χ3n) is 9.59. The molecule has 1 unspecified atom stereocenters. The van der Waals surface area contributed by atoms with Gasteiger partial charge >= 0.3 is 17.9 Å². The molecule has 0 radical (unpaired) electrons. The van der Waals surface area contributed by atoms with Gasteiger partial charge in [0.15, 0.2) is 6.10 Å². The summed E-state index contributed by atoms with van der Waals surface area (Å²) in [6, 6.07) is 0. The summed E-state index contributed by atoms with van der Waals surface area (Å²) in [4.78, 5) is 37.8. The second-order valence-electron chi connectivity index (χ2n) is 15.4. The van der Waals surface area contributed by atoms with E-state index in [-0.39, 0.29) is 44.0 Å². The Morgan fingerprint density at radius 1 is 0.367 bits per heavy atom. The van der Waals surface area contributed by atoms with Crippen molar-refractivity contribution in [2.24, 2.45) is 0 Å². The molecule has 0 aliphatic heterocycles. The zero-order valence-corrected chi connectivity index (χ0v) is 38.4. The number of hydrogen-bond acceptors (Lipinski definition) is 6. The summed E-state index contributed by atoms with van der Waals surface area (Å²) in [5.74, 6) is -1.02. The molecule has 0 rings (SSSR count). The standard InChI is InChI=1S/C54H86O6/c1-4-7-10-13-16-19-22-24-25-26-27-28-30-32-35-38-41-44-47-53(56)59-50-51(49-58-52(55)46-43-40-37-34-31-21-18-15-12-9-6-3)60-54(57)48-45-42-39-36-33-29-23-20-17-14-11-8-5-2/h9-10,12-13,16,18-19,21-22,24-29,33-34,37,51H,4-8,11,14-15,17,20,23,30-32,35-36,38-50H2,1-3H3/b12-9-,13-10-,19-16-,21-18-,24-22-,26-25-,28-27-,33-29-,37-34-. The zero-order valence-electron chi connectivity index (χ0n) is 38.4. The first-order valence-corrected chi connectivity index (χ1v) is 24.0. The van der Waals surface area contributed by atoms with Crippen LogP contribution in [0.5, 0.6) is 0 Å². The van der Waals surface area contributed by atoms with Gasteiger partial charge in [0, 0.05) is 19.3 Å². The molecule has 0 aromatic carbocycles. The van der Waals surface area contributed by atoms with Crippen molar-refractivity contribution in [3.8, 4) is 0 Å². The monoisotopic (exact) mass is 831 g/mol. The maximum atomic E-state index is 12.7. The molecule has 6 nitrogen and oxygen atoms in total. The number of rotatable bonds is 41. The van der Waals surface area contributed by atoms with Gasteiger partial charge < -0.3 is 14.2 Å². The number of esters is 3. The number of carbonyl (C=O) groups is 3. The minimum Gasteiger partial charge on any atom is -0.462 e. The van der Waals surface area contributed by atoms with Gasteiger partial charge in [-0.05, 0) is 89.9 Å². The van der Waals surface area contributed by atoms with Crippen molar-refractivity contribution in [3.05, 3.63) is 109 Å². The Morgan fingerprint density at radius 2 is 0.767 bits per heavy atom. The van der Waals surface area contributed by atoms with E-state index in [1.807, 2.05) is 36.5 Å². The van der Waals surface area contributed by atoms with E-state index in [2.05, 4.69) is 93.7 Å². The van der Waals surface area contributed by atoms with Crippen LogP contribution in [0.2, 0.25) is 0 Å². The highest BCUT2D eigenvalue weighted by Gasteiger charge is 2.19. The SMILES string of the molecule is CC/C=C\C/C=C\C/C=C\CCCC(=O)OCC(COC(=O)CCCCCCC\C=C/C=C\C=C/C=C\C=C/CCC)OC(=O)CCCCC/C=C\CCCCCCCC. The number of carbonyl (C=O) groups excluding carboxylic acids is 3. The van der Waals surface area contributed by atoms with Crippen molar-refractivity contribution in [3.63, 3.8) is 0 Å². The van der Waals surface area contributed by atoms with Crippen LogP contribution in [0.25, 0.3) is 0 Å². The van der Waals surface area contributed by atoms with Gasteiger partial charge in [0.05, 0.1) is 0 Å². The van der Waals surface area contributed by atoms with E-state index in [0.29, 0.717) is 12.8 Å². The summed E-state index contributed by atoms with van der Waals surface area (Å²) in [6.07, 6.45) is 63.6. The van der Waals surface area contributed by atoms with Crippen LogP contribution in [-0.4, -0.2) is 37.2 Å². The van der Waals surface area contributed by atoms with Crippen molar-refractivity contribution in [1.82, 2.24) is 0 Å². The van der Waals surface area contributed by atoms with Crippen molar-refractivity contribution >= 4 is 17.9 Å². The third-order valence-corrected chi connectivity index (χ3v) is 9.59. The van der Waals surface area contributed by atoms with Gasteiger partial charge in [0.2, 0.25) is 0 Å². The van der Waals surface area contributed by atoms with Crippen molar-refractivity contribution < 1.29 is 28.6 Å². The molecular formula is C54H86O6. The minimum absolute atomic E-state index is 0.116. The minimum atomic E-state index is -0.817. The Bertz CT molecular complexity index is 1280. The molecular weight excluding hydrogens is 745 g/mol. The fourth-order valence-corrected chi connectivity index (χ4v) is 6.02. The molecule has 0 aromatic rings. The molecule has 0 aliphatic rings. The molecule has 0 aliphatic carbocycles. The van der Waals surface area contributed by atoms with E-state index >= 15 is 0 Å². The van der Waals surface area contributed by atoms with Crippen LogP contribution >= 0.6 is 0 Å². The predicted molar refractivity (Wildman–Crippen MR) is 256 cm³/mol. The van der Waals surface area contributed by atoms with Crippen molar-refractivity contribution in [1.29, 1.82) is 0 Å². The summed E-state index contributed by atoms with van der Waals surface area (Å²) in [5, 5.41) is 0. The van der Waals surface area contributed by atoms with E-state index < -0.39 is 6.10 Å². The van der Waals surface area contributed by atoms with Crippen LogP contribution in [0.3, 0.4) is 0 Å². The lowest BCUT2D eigenvalue weighted by molar-refractivity contribution is -0.167. The Hall–Kier alpha value is -3.93. The molecule has 6 heteroatoms. The van der Waals surface area contributed by atoms with Gasteiger partial charge in [0.25, 0.3) is 0 Å². The topological polar surface area (TPSA) is 78.9 Å². The molecule has 1 atom stereocenters. The summed E-state index contributed by atoms with van der Waals surface area (Å²) in [5.41, 5.74) is 0. The second-order valence-corrected chi connectivity index (χ2v) is 15.4. The Labute approximate surface area is 368 Å². The summed E-state index contributed by atoms with van der Waals surface area (Å²) in [7, 11) is 0. The normalized spacial score (nSPS) is 13.1. The average Bonchev–Trinajstić information content (AvgIpc) is 3.24. The predicted octanol–water partition coefficient (Wildman–Crippen LogP) is 15.6. The highest BCUT2D eigenvalue weighted by atomic mass is 16.6. The van der Waals surface area contributed by atoms with Crippen LogP contribution in [0.1, 0.15) is 194 Å². The molecule has 0 spiro atoms. The third kappa shape index (κ3) is 45.2. The van der Waals surface area contributed by atoms with E-state index in [4.69, 9.17) is 14.2 Å². The number of allylic oxidation sites excluding steroid dienone is 18. The average molecular weight is 831 g/mol. The highest BCUT2D eigenvalue weighted by molar-refractivity contribution is 5.71. The van der Waals surface area contributed by atoms with Crippen LogP contribution in [-0.2, 0) is 28.6 Å². The van der Waals surface area contributed by atoms with E-state index in [0.717, 1.165) is 103 Å². The van der Waals surface area contributed by atoms with Gasteiger partial charge in [-0.15, -0.1) is 0 Å². The lowest BCUT2D eigenvalue weighted by Gasteiger charge is -2.18. The number of ether oxygens (including phenoxy) is 3. The first-order chi connectivity index (χ1) is 29.5. The van der Waals surface area contributed by atoms with E-state index in [1.165, 1.54) is 44.9 Å². The zero-order chi connectivity index (χ0) is 43.7. The molecule has 338 valence electrons. The van der Waals surface area contributed by atoms with E-state index in [1.54, 1.807) is 0 Å². The quantitative estimate of drug-likeness (QED) is 0.0201. The smallest absolute Gasteiger partial charge is 0.306 e. The number of unbranched alkanes of at least 4 members (excludes halogenated alkanes) is 16.